The topological polar surface area (TPSA) is 33.0 Å². The highest BCUT2D eigenvalue weighted by Crippen LogP contribution is 2.26. The zero-order chi connectivity index (χ0) is 13.2. The predicted octanol–water partition coefficient (Wildman–Crippen LogP) is 4.03. The van der Waals surface area contributed by atoms with E-state index in [1.807, 2.05) is 6.92 Å². The Morgan fingerprint density at radius 3 is 2.06 bits per heavy atom. The lowest BCUT2D eigenvalue weighted by atomic mass is 9.98. The minimum absolute atomic E-state index is 0.430. The van der Waals surface area contributed by atoms with Gasteiger partial charge in [0.25, 0.3) is 0 Å². The van der Waals surface area contributed by atoms with Crippen LogP contribution in [-0.4, -0.2) is 8.32 Å². The molecule has 2 nitrogen and oxygen atoms in total. The van der Waals surface area contributed by atoms with Crippen molar-refractivity contribution >= 4 is 8.32 Å². The van der Waals surface area contributed by atoms with Crippen molar-refractivity contribution in [3.8, 4) is 6.07 Å². The Morgan fingerprint density at radius 1 is 1.06 bits per heavy atom. The summed E-state index contributed by atoms with van der Waals surface area (Å²) in [6.45, 7) is 12.5. The van der Waals surface area contributed by atoms with Crippen LogP contribution in [0.25, 0.3) is 0 Å². The molecule has 0 N–H and O–H groups in total. The number of nitriles is 1. The lowest BCUT2D eigenvalue weighted by molar-refractivity contribution is 0.254. The van der Waals surface area contributed by atoms with Gasteiger partial charge in [-0.05, 0) is 62.7 Å². The van der Waals surface area contributed by atoms with Crippen LogP contribution in [0.15, 0.2) is 12.1 Å². The number of benzene rings is 1. The SMILES string of the molecule is Cc1cc(C)c(C(C#N)O[Si](C)(C)C)cc1C. The van der Waals surface area contributed by atoms with Crippen LogP contribution in [0, 0.1) is 32.1 Å². The van der Waals surface area contributed by atoms with E-state index in [0.717, 1.165) is 11.1 Å². The standard InChI is InChI=1S/C14H21NOSi/c1-10-7-12(3)13(8-11(10)2)14(9-15)16-17(4,5)6/h7-8,14H,1-6H3. The normalized spacial score (nSPS) is 13.2. The van der Waals surface area contributed by atoms with Gasteiger partial charge >= 0.3 is 0 Å². The quantitative estimate of drug-likeness (QED) is 0.756. The maximum absolute atomic E-state index is 9.27. The molecule has 0 heterocycles. The van der Waals surface area contributed by atoms with Crippen molar-refractivity contribution in [2.24, 2.45) is 0 Å². The number of aryl methyl sites for hydroxylation is 3. The molecule has 1 aromatic rings. The van der Waals surface area contributed by atoms with E-state index in [-0.39, 0.29) is 0 Å². The molecule has 1 atom stereocenters. The molecule has 0 saturated heterocycles. The minimum Gasteiger partial charge on any atom is -0.399 e. The summed E-state index contributed by atoms with van der Waals surface area (Å²) in [4.78, 5) is 0. The van der Waals surface area contributed by atoms with Crippen LogP contribution in [0.4, 0.5) is 0 Å². The summed E-state index contributed by atoms with van der Waals surface area (Å²) in [5.41, 5.74) is 4.62. The molecule has 0 fully saturated rings. The molecule has 17 heavy (non-hydrogen) atoms. The van der Waals surface area contributed by atoms with Crippen LogP contribution >= 0.6 is 0 Å². The molecule has 0 spiro atoms. The summed E-state index contributed by atoms with van der Waals surface area (Å²) in [6.07, 6.45) is -0.430. The molecule has 0 aliphatic heterocycles. The van der Waals surface area contributed by atoms with Crippen LogP contribution in [0.5, 0.6) is 0 Å². The maximum atomic E-state index is 9.27. The molecular weight excluding hydrogens is 226 g/mol. The van der Waals surface area contributed by atoms with Crippen LogP contribution < -0.4 is 0 Å². The molecule has 0 bridgehead atoms. The maximum Gasteiger partial charge on any atom is 0.186 e. The molecule has 1 rings (SSSR count). The highest BCUT2D eigenvalue weighted by Gasteiger charge is 2.23. The highest BCUT2D eigenvalue weighted by molar-refractivity contribution is 6.69. The van der Waals surface area contributed by atoms with E-state index < -0.39 is 14.4 Å². The van der Waals surface area contributed by atoms with Crippen LogP contribution in [0.3, 0.4) is 0 Å². The van der Waals surface area contributed by atoms with Gasteiger partial charge in [0.15, 0.2) is 14.4 Å². The summed E-state index contributed by atoms with van der Waals surface area (Å²) >= 11 is 0. The number of hydrogen-bond donors (Lipinski definition) is 0. The molecule has 0 amide bonds. The first-order valence-electron chi connectivity index (χ1n) is 5.90. The van der Waals surface area contributed by atoms with Crippen LogP contribution in [-0.2, 0) is 4.43 Å². The van der Waals surface area contributed by atoms with Gasteiger partial charge < -0.3 is 4.43 Å². The average molecular weight is 247 g/mol. The Kier molecular flexibility index (Phi) is 4.13. The first-order valence-corrected chi connectivity index (χ1v) is 9.30. The summed E-state index contributed by atoms with van der Waals surface area (Å²) in [5.74, 6) is 0. The van der Waals surface area contributed by atoms with Crippen molar-refractivity contribution in [3.63, 3.8) is 0 Å². The van der Waals surface area contributed by atoms with Gasteiger partial charge in [0.1, 0.15) is 0 Å². The lowest BCUT2D eigenvalue weighted by Gasteiger charge is -2.23. The van der Waals surface area contributed by atoms with Crippen molar-refractivity contribution in [3.05, 3.63) is 34.4 Å². The van der Waals surface area contributed by atoms with Crippen molar-refractivity contribution in [1.82, 2.24) is 0 Å². The van der Waals surface area contributed by atoms with Crippen molar-refractivity contribution in [2.45, 2.75) is 46.5 Å². The van der Waals surface area contributed by atoms with E-state index in [4.69, 9.17) is 4.43 Å². The summed E-state index contributed by atoms with van der Waals surface area (Å²) in [5, 5.41) is 9.27. The van der Waals surface area contributed by atoms with Gasteiger partial charge in [0.05, 0.1) is 6.07 Å². The Labute approximate surface area is 105 Å². The van der Waals surface area contributed by atoms with E-state index in [9.17, 15) is 5.26 Å². The molecule has 1 aromatic carbocycles. The largest absolute Gasteiger partial charge is 0.399 e. The molecule has 0 aromatic heterocycles. The fourth-order valence-electron chi connectivity index (χ4n) is 1.78. The van der Waals surface area contributed by atoms with Crippen LogP contribution in [0.1, 0.15) is 28.4 Å². The van der Waals surface area contributed by atoms with E-state index in [1.54, 1.807) is 0 Å². The zero-order valence-electron chi connectivity index (χ0n) is 11.6. The van der Waals surface area contributed by atoms with Gasteiger partial charge in [-0.3, -0.25) is 0 Å². The number of rotatable bonds is 3. The zero-order valence-corrected chi connectivity index (χ0v) is 12.6. The summed E-state index contributed by atoms with van der Waals surface area (Å²) in [7, 11) is -1.70. The van der Waals surface area contributed by atoms with Gasteiger partial charge in [-0.25, -0.2) is 0 Å². The third kappa shape index (κ3) is 3.69. The van der Waals surface area contributed by atoms with Gasteiger partial charge in [-0.2, -0.15) is 5.26 Å². The molecule has 0 aliphatic rings. The Balaban J connectivity index is 3.14. The summed E-state index contributed by atoms with van der Waals surface area (Å²) < 4.78 is 5.93. The molecule has 3 heteroatoms. The van der Waals surface area contributed by atoms with Gasteiger partial charge in [-0.1, -0.05) is 12.1 Å². The fourth-order valence-corrected chi connectivity index (χ4v) is 2.67. The molecule has 92 valence electrons. The minimum atomic E-state index is -1.70. The number of hydrogen-bond acceptors (Lipinski definition) is 2. The average Bonchev–Trinajstić information content (AvgIpc) is 2.19. The molecule has 0 aliphatic carbocycles. The monoisotopic (exact) mass is 247 g/mol. The number of nitrogens with zero attached hydrogens (tertiary/aromatic N) is 1. The van der Waals surface area contributed by atoms with E-state index in [2.05, 4.69) is 51.7 Å². The first-order chi connectivity index (χ1) is 7.74. The van der Waals surface area contributed by atoms with Gasteiger partial charge in [0.2, 0.25) is 0 Å². The van der Waals surface area contributed by atoms with E-state index in [1.165, 1.54) is 11.1 Å². The van der Waals surface area contributed by atoms with Crippen LogP contribution in [0.2, 0.25) is 19.6 Å². The highest BCUT2D eigenvalue weighted by atomic mass is 28.4. The molecular formula is C14H21NOSi. The second-order valence-electron chi connectivity index (χ2n) is 5.53. The predicted molar refractivity (Wildman–Crippen MR) is 73.4 cm³/mol. The molecule has 1 unspecified atom stereocenters. The fraction of sp³-hybridized carbons (Fsp3) is 0.500. The molecule has 0 saturated carbocycles. The molecule has 0 radical (unpaired) electrons. The first kappa shape index (κ1) is 13.9. The smallest absolute Gasteiger partial charge is 0.186 e. The van der Waals surface area contributed by atoms with Crippen molar-refractivity contribution in [2.75, 3.05) is 0 Å². The third-order valence-corrected chi connectivity index (χ3v) is 3.70. The van der Waals surface area contributed by atoms with Crippen molar-refractivity contribution < 1.29 is 4.43 Å². The van der Waals surface area contributed by atoms with E-state index >= 15 is 0 Å². The Hall–Kier alpha value is -1.11. The Bertz CT molecular complexity index is 455. The van der Waals surface area contributed by atoms with Crippen molar-refractivity contribution in [1.29, 1.82) is 5.26 Å². The third-order valence-electron chi connectivity index (χ3n) is 2.75. The van der Waals surface area contributed by atoms with Gasteiger partial charge in [-0.15, -0.1) is 0 Å². The second kappa shape index (κ2) is 5.03. The van der Waals surface area contributed by atoms with Gasteiger partial charge in [0, 0.05) is 0 Å². The van der Waals surface area contributed by atoms with E-state index in [0.29, 0.717) is 0 Å². The lowest BCUT2D eigenvalue weighted by Crippen LogP contribution is -2.27. The Morgan fingerprint density at radius 2 is 1.59 bits per heavy atom. The second-order valence-corrected chi connectivity index (χ2v) is 9.99. The summed E-state index contributed by atoms with van der Waals surface area (Å²) in [6, 6.07) is 6.48.